The maximum absolute atomic E-state index is 10.9. The average molecular weight is 251 g/mol. The molecule has 4 heteroatoms. The summed E-state index contributed by atoms with van der Waals surface area (Å²) in [5.41, 5.74) is -0.175. The first kappa shape index (κ1) is 14.7. The van der Waals surface area contributed by atoms with E-state index in [9.17, 15) is 9.90 Å². The van der Waals surface area contributed by atoms with E-state index in [2.05, 4.69) is 5.32 Å². The van der Waals surface area contributed by atoms with E-state index in [1.165, 1.54) is 0 Å². The second-order valence-electron chi connectivity index (χ2n) is 5.54. The number of hydrogen-bond donors (Lipinski definition) is 3. The van der Waals surface area contributed by atoms with Crippen LogP contribution in [0.4, 0.5) is 0 Å². The van der Waals surface area contributed by atoms with Gasteiger partial charge in [0.1, 0.15) is 0 Å². The first-order valence-electron chi connectivity index (χ1n) is 5.93. The Morgan fingerprint density at radius 2 is 1.89 bits per heavy atom. The molecule has 0 saturated carbocycles. The Hall–Kier alpha value is -1.39. The third kappa shape index (κ3) is 3.55. The molecule has 0 saturated heterocycles. The SMILES string of the molecule is CC(C)(O)C(C)(C)NCc1cccc(C(=O)O)c1. The van der Waals surface area contributed by atoms with Gasteiger partial charge in [-0.3, -0.25) is 0 Å². The van der Waals surface area contributed by atoms with E-state index in [-0.39, 0.29) is 5.56 Å². The van der Waals surface area contributed by atoms with Crippen molar-refractivity contribution in [1.29, 1.82) is 0 Å². The van der Waals surface area contributed by atoms with Crippen LogP contribution in [0.25, 0.3) is 0 Å². The zero-order valence-electron chi connectivity index (χ0n) is 11.3. The highest BCUT2D eigenvalue weighted by molar-refractivity contribution is 5.87. The molecule has 0 aliphatic heterocycles. The average Bonchev–Trinajstić information content (AvgIpc) is 2.25. The fourth-order valence-electron chi connectivity index (χ4n) is 1.35. The minimum atomic E-state index is -0.932. The largest absolute Gasteiger partial charge is 0.478 e. The van der Waals surface area contributed by atoms with Gasteiger partial charge in [0.2, 0.25) is 0 Å². The number of benzene rings is 1. The van der Waals surface area contributed by atoms with E-state index in [4.69, 9.17) is 5.11 Å². The molecule has 4 nitrogen and oxygen atoms in total. The van der Waals surface area contributed by atoms with Crippen molar-refractivity contribution in [1.82, 2.24) is 5.32 Å². The van der Waals surface area contributed by atoms with Crippen molar-refractivity contribution >= 4 is 5.97 Å². The predicted octanol–water partition coefficient (Wildman–Crippen LogP) is 2.02. The number of carbonyl (C=O) groups is 1. The first-order chi connectivity index (χ1) is 8.13. The highest BCUT2D eigenvalue weighted by Crippen LogP contribution is 2.21. The van der Waals surface area contributed by atoms with E-state index < -0.39 is 17.1 Å². The Labute approximate surface area is 108 Å². The summed E-state index contributed by atoms with van der Waals surface area (Å²) in [6, 6.07) is 6.78. The second kappa shape index (κ2) is 5.08. The maximum Gasteiger partial charge on any atom is 0.335 e. The lowest BCUT2D eigenvalue weighted by Crippen LogP contribution is -2.55. The highest BCUT2D eigenvalue weighted by Gasteiger charge is 2.34. The zero-order valence-corrected chi connectivity index (χ0v) is 11.3. The maximum atomic E-state index is 10.9. The fourth-order valence-corrected chi connectivity index (χ4v) is 1.35. The van der Waals surface area contributed by atoms with Gasteiger partial charge in [-0.05, 0) is 45.4 Å². The van der Waals surface area contributed by atoms with Gasteiger partial charge in [0.25, 0.3) is 0 Å². The molecule has 0 heterocycles. The molecule has 18 heavy (non-hydrogen) atoms. The van der Waals surface area contributed by atoms with Gasteiger partial charge >= 0.3 is 5.97 Å². The van der Waals surface area contributed by atoms with Crippen molar-refractivity contribution in [2.24, 2.45) is 0 Å². The van der Waals surface area contributed by atoms with Crippen LogP contribution in [0.1, 0.15) is 43.6 Å². The quantitative estimate of drug-likeness (QED) is 0.749. The summed E-state index contributed by atoms with van der Waals surface area (Å²) in [4.78, 5) is 10.9. The van der Waals surface area contributed by atoms with Crippen molar-refractivity contribution < 1.29 is 15.0 Å². The minimum absolute atomic E-state index is 0.273. The number of carboxylic acids is 1. The van der Waals surface area contributed by atoms with Crippen molar-refractivity contribution in [3.8, 4) is 0 Å². The summed E-state index contributed by atoms with van der Waals surface area (Å²) in [7, 11) is 0. The normalized spacial score (nSPS) is 12.5. The van der Waals surface area contributed by atoms with Gasteiger partial charge in [-0.1, -0.05) is 12.1 Å². The van der Waals surface area contributed by atoms with E-state index in [1.807, 2.05) is 19.9 Å². The van der Waals surface area contributed by atoms with Crippen molar-refractivity contribution in [2.75, 3.05) is 0 Å². The Kier molecular flexibility index (Phi) is 4.14. The third-order valence-corrected chi connectivity index (χ3v) is 3.44. The first-order valence-corrected chi connectivity index (χ1v) is 5.93. The summed E-state index contributed by atoms with van der Waals surface area (Å²) in [5.74, 6) is -0.932. The standard InChI is InChI=1S/C14H21NO3/c1-13(2,14(3,4)18)15-9-10-6-5-7-11(8-10)12(16)17/h5-8,15,18H,9H2,1-4H3,(H,16,17). The minimum Gasteiger partial charge on any atom is -0.478 e. The van der Waals surface area contributed by atoms with Crippen LogP contribution >= 0.6 is 0 Å². The molecule has 1 aromatic carbocycles. The lowest BCUT2D eigenvalue weighted by molar-refractivity contribution is -0.00532. The number of hydrogen-bond acceptors (Lipinski definition) is 3. The lowest BCUT2D eigenvalue weighted by atomic mass is 9.86. The molecule has 0 aliphatic carbocycles. The van der Waals surface area contributed by atoms with Gasteiger partial charge in [0, 0.05) is 12.1 Å². The Morgan fingerprint density at radius 3 is 2.39 bits per heavy atom. The summed E-state index contributed by atoms with van der Waals surface area (Å²) >= 11 is 0. The predicted molar refractivity (Wildman–Crippen MR) is 70.6 cm³/mol. The van der Waals surface area contributed by atoms with Crippen LogP contribution in [-0.2, 0) is 6.54 Å². The van der Waals surface area contributed by atoms with Crippen LogP contribution in [-0.4, -0.2) is 27.3 Å². The molecular weight excluding hydrogens is 230 g/mol. The number of nitrogens with one attached hydrogen (secondary N) is 1. The molecular formula is C14H21NO3. The van der Waals surface area contributed by atoms with E-state index >= 15 is 0 Å². The number of aliphatic hydroxyl groups is 1. The Morgan fingerprint density at radius 1 is 1.28 bits per heavy atom. The molecule has 0 bridgehead atoms. The number of carboxylic acid groups (broad SMARTS) is 1. The summed E-state index contributed by atoms with van der Waals surface area (Å²) in [6.07, 6.45) is 0. The Bertz CT molecular complexity index is 433. The number of rotatable bonds is 5. The molecule has 0 aromatic heterocycles. The van der Waals surface area contributed by atoms with Crippen LogP contribution in [0.2, 0.25) is 0 Å². The molecule has 0 amide bonds. The molecule has 3 N–H and O–H groups in total. The summed E-state index contributed by atoms with van der Waals surface area (Å²) < 4.78 is 0. The smallest absolute Gasteiger partial charge is 0.335 e. The van der Waals surface area contributed by atoms with Gasteiger partial charge < -0.3 is 15.5 Å². The number of aromatic carboxylic acids is 1. The van der Waals surface area contributed by atoms with Crippen molar-refractivity contribution in [3.63, 3.8) is 0 Å². The van der Waals surface area contributed by atoms with Crippen LogP contribution in [0.3, 0.4) is 0 Å². The molecule has 0 unspecified atom stereocenters. The Balaban J connectivity index is 2.75. The highest BCUT2D eigenvalue weighted by atomic mass is 16.4. The molecule has 0 fully saturated rings. The van der Waals surface area contributed by atoms with Crippen molar-refractivity contribution in [2.45, 2.75) is 45.4 Å². The van der Waals surface area contributed by atoms with Gasteiger partial charge in [-0.25, -0.2) is 4.79 Å². The van der Waals surface area contributed by atoms with Crippen LogP contribution in [0, 0.1) is 0 Å². The molecule has 100 valence electrons. The van der Waals surface area contributed by atoms with Crippen LogP contribution in [0.15, 0.2) is 24.3 Å². The van der Waals surface area contributed by atoms with Crippen molar-refractivity contribution in [3.05, 3.63) is 35.4 Å². The lowest BCUT2D eigenvalue weighted by Gasteiger charge is -2.38. The zero-order chi connectivity index (χ0) is 14.0. The van der Waals surface area contributed by atoms with Crippen LogP contribution < -0.4 is 5.32 Å². The fraction of sp³-hybridized carbons (Fsp3) is 0.500. The molecule has 0 radical (unpaired) electrons. The summed E-state index contributed by atoms with van der Waals surface area (Å²) in [5, 5.41) is 22.2. The molecule has 0 atom stereocenters. The van der Waals surface area contributed by atoms with E-state index in [0.717, 1.165) is 5.56 Å². The van der Waals surface area contributed by atoms with Gasteiger partial charge in [-0.2, -0.15) is 0 Å². The molecule has 1 aromatic rings. The van der Waals surface area contributed by atoms with E-state index in [1.54, 1.807) is 32.0 Å². The molecule has 0 spiro atoms. The van der Waals surface area contributed by atoms with Gasteiger partial charge in [-0.15, -0.1) is 0 Å². The van der Waals surface area contributed by atoms with E-state index in [0.29, 0.717) is 6.54 Å². The topological polar surface area (TPSA) is 69.6 Å². The molecule has 1 rings (SSSR count). The summed E-state index contributed by atoms with van der Waals surface area (Å²) in [6.45, 7) is 7.82. The molecule has 0 aliphatic rings. The second-order valence-corrected chi connectivity index (χ2v) is 5.54. The van der Waals surface area contributed by atoms with Gasteiger partial charge in [0.05, 0.1) is 11.2 Å². The monoisotopic (exact) mass is 251 g/mol. The third-order valence-electron chi connectivity index (χ3n) is 3.44. The van der Waals surface area contributed by atoms with Crippen LogP contribution in [0.5, 0.6) is 0 Å². The van der Waals surface area contributed by atoms with Gasteiger partial charge in [0.15, 0.2) is 0 Å².